The second-order valence-electron chi connectivity index (χ2n) is 0.283. The quantitative estimate of drug-likeness (QED) is 0.528. The first-order valence-electron chi connectivity index (χ1n) is 0.651. The number of rotatable bonds is 0. The van der Waals surface area contributed by atoms with E-state index in [9.17, 15) is 0 Å². The summed E-state index contributed by atoms with van der Waals surface area (Å²) in [5.74, 6) is 0. The molecular formula is CH4CaCoMnO3. The van der Waals surface area contributed by atoms with Crippen LogP contribution in [0, 0.1) is 0 Å². The topological polar surface area (TPSA) is 57.5 Å². The SMILES string of the molecule is O=C(O)O.[CaH2].[Co].[Mn]. The van der Waals surface area contributed by atoms with Crippen LogP contribution in [0.3, 0.4) is 0 Å². The van der Waals surface area contributed by atoms with Crippen molar-refractivity contribution >= 4 is 43.9 Å². The van der Waals surface area contributed by atoms with Crippen LogP contribution in [-0.4, -0.2) is 54.1 Å². The average molecular weight is 218 g/mol. The van der Waals surface area contributed by atoms with Crippen molar-refractivity contribution in [1.82, 2.24) is 0 Å². The van der Waals surface area contributed by atoms with E-state index in [0.717, 1.165) is 0 Å². The van der Waals surface area contributed by atoms with E-state index in [2.05, 4.69) is 0 Å². The molecule has 0 aromatic rings. The van der Waals surface area contributed by atoms with Gasteiger partial charge in [-0.05, 0) is 0 Å². The van der Waals surface area contributed by atoms with Crippen molar-refractivity contribution in [3.63, 3.8) is 0 Å². The fourth-order valence-electron chi connectivity index (χ4n) is 0. The van der Waals surface area contributed by atoms with Crippen LogP contribution in [0.25, 0.3) is 0 Å². The molecule has 6 heteroatoms. The number of carbonyl (C=O) groups is 1. The Balaban J connectivity index is -0.0000000150. The molecule has 0 aliphatic heterocycles. The maximum absolute atomic E-state index is 8.56. The molecule has 0 saturated carbocycles. The summed E-state index contributed by atoms with van der Waals surface area (Å²) in [4.78, 5) is 8.56. The van der Waals surface area contributed by atoms with E-state index in [-0.39, 0.29) is 71.6 Å². The van der Waals surface area contributed by atoms with Gasteiger partial charge < -0.3 is 10.2 Å². The van der Waals surface area contributed by atoms with E-state index in [1.807, 2.05) is 0 Å². The fourth-order valence-corrected chi connectivity index (χ4v) is 0. The first-order valence-corrected chi connectivity index (χ1v) is 0.651. The molecule has 44 valence electrons. The normalized spacial score (nSPS) is 3.43. The zero-order valence-electron chi connectivity index (χ0n) is 2.51. The predicted octanol–water partition coefficient (Wildman–Crippen LogP) is -0.699. The van der Waals surface area contributed by atoms with E-state index >= 15 is 0 Å². The molecule has 3 nitrogen and oxygen atoms in total. The smallest absolute Gasteiger partial charge is 0 e. The Labute approximate surface area is 91.5 Å². The molecule has 0 spiro atoms. The third-order valence-corrected chi connectivity index (χ3v) is 0. The summed E-state index contributed by atoms with van der Waals surface area (Å²) in [5, 5.41) is 13.9. The first kappa shape index (κ1) is 23.5. The van der Waals surface area contributed by atoms with Crippen LogP contribution in [0.15, 0.2) is 0 Å². The standard InChI is InChI=1S/CH2O3.Ca.Co.Mn.2H/c2-1(3)4;;;;;/h(H2,2,3,4);;;;;. The van der Waals surface area contributed by atoms with Gasteiger partial charge in [-0.2, -0.15) is 0 Å². The van der Waals surface area contributed by atoms with Crippen molar-refractivity contribution in [3.8, 4) is 0 Å². The third kappa shape index (κ3) is 96.4. The van der Waals surface area contributed by atoms with Crippen molar-refractivity contribution in [2.75, 3.05) is 0 Å². The zero-order chi connectivity index (χ0) is 3.58. The number of hydrogen-bond acceptors (Lipinski definition) is 1. The molecule has 2 radical (unpaired) electrons. The van der Waals surface area contributed by atoms with Crippen molar-refractivity contribution < 1.29 is 48.9 Å². The van der Waals surface area contributed by atoms with Crippen LogP contribution in [0.5, 0.6) is 0 Å². The minimum absolute atomic E-state index is 0. The second-order valence-corrected chi connectivity index (χ2v) is 0.283. The van der Waals surface area contributed by atoms with Gasteiger partial charge in [0.1, 0.15) is 0 Å². The molecule has 0 aliphatic rings. The van der Waals surface area contributed by atoms with Gasteiger partial charge in [-0.15, -0.1) is 0 Å². The average Bonchev–Trinajstić information content (AvgIpc) is 0.811. The summed E-state index contributed by atoms with van der Waals surface area (Å²) in [6.45, 7) is 0. The van der Waals surface area contributed by atoms with E-state index in [0.29, 0.717) is 0 Å². The van der Waals surface area contributed by atoms with Crippen molar-refractivity contribution in [2.24, 2.45) is 0 Å². The van der Waals surface area contributed by atoms with Crippen molar-refractivity contribution in [2.45, 2.75) is 0 Å². The maximum Gasteiger partial charge on any atom is 0 e. The molecule has 0 aromatic carbocycles. The minimum Gasteiger partial charge on any atom is 0 e. The summed E-state index contributed by atoms with van der Waals surface area (Å²) in [6.07, 6.45) is -1.83. The summed E-state index contributed by atoms with van der Waals surface area (Å²) in [7, 11) is 0. The van der Waals surface area contributed by atoms with Gasteiger partial charge in [-0.25, -0.2) is 4.79 Å². The summed E-state index contributed by atoms with van der Waals surface area (Å²) < 4.78 is 0. The van der Waals surface area contributed by atoms with Gasteiger partial charge in [0.25, 0.3) is 0 Å². The predicted molar refractivity (Wildman–Crippen MR) is 19.2 cm³/mol. The minimum atomic E-state index is -1.83. The Hall–Kier alpha value is 1.56. The molecule has 0 heterocycles. The Morgan fingerprint density at radius 1 is 1.29 bits per heavy atom. The van der Waals surface area contributed by atoms with Gasteiger partial charge in [0.05, 0.1) is 0 Å². The van der Waals surface area contributed by atoms with E-state index < -0.39 is 6.16 Å². The van der Waals surface area contributed by atoms with E-state index in [1.54, 1.807) is 0 Å². The summed E-state index contributed by atoms with van der Waals surface area (Å²) in [5.41, 5.74) is 0. The molecule has 0 bridgehead atoms. The van der Waals surface area contributed by atoms with Crippen molar-refractivity contribution in [1.29, 1.82) is 0 Å². The Morgan fingerprint density at radius 2 is 1.29 bits per heavy atom. The molecule has 7 heavy (non-hydrogen) atoms. The van der Waals surface area contributed by atoms with Gasteiger partial charge in [0.2, 0.25) is 0 Å². The van der Waals surface area contributed by atoms with E-state index in [1.165, 1.54) is 0 Å². The Kier molecular flexibility index (Phi) is 52.6. The van der Waals surface area contributed by atoms with Crippen molar-refractivity contribution in [3.05, 3.63) is 0 Å². The summed E-state index contributed by atoms with van der Waals surface area (Å²) >= 11 is 0. The van der Waals surface area contributed by atoms with Gasteiger partial charge in [0.15, 0.2) is 0 Å². The van der Waals surface area contributed by atoms with E-state index in [4.69, 9.17) is 15.0 Å². The molecule has 2 N–H and O–H groups in total. The fraction of sp³-hybridized carbons (Fsp3) is 0. The molecule has 0 rings (SSSR count). The molecule has 0 atom stereocenters. The van der Waals surface area contributed by atoms with Crippen LogP contribution < -0.4 is 0 Å². The molecular weight excluding hydrogens is 214 g/mol. The Morgan fingerprint density at radius 3 is 1.29 bits per heavy atom. The maximum atomic E-state index is 8.56. The largest absolute Gasteiger partial charge is 0 e. The van der Waals surface area contributed by atoms with Crippen LogP contribution in [0.1, 0.15) is 0 Å². The summed E-state index contributed by atoms with van der Waals surface area (Å²) in [6, 6.07) is 0. The van der Waals surface area contributed by atoms with Gasteiger partial charge in [0, 0.05) is 33.8 Å². The van der Waals surface area contributed by atoms with Gasteiger partial charge >= 0.3 is 43.9 Å². The van der Waals surface area contributed by atoms with Crippen LogP contribution in [0.4, 0.5) is 4.79 Å². The Bertz CT molecular complexity index is 37.9. The first-order chi connectivity index (χ1) is 1.73. The molecule has 0 aliphatic carbocycles. The zero-order valence-corrected chi connectivity index (χ0v) is 4.74. The molecule has 0 amide bonds. The monoisotopic (exact) mass is 218 g/mol. The second kappa shape index (κ2) is 15.6. The number of carboxylic acid groups (broad SMARTS) is 2. The molecule has 0 aromatic heterocycles. The molecule has 0 fully saturated rings. The van der Waals surface area contributed by atoms with Gasteiger partial charge in [-0.3, -0.25) is 0 Å². The van der Waals surface area contributed by atoms with Crippen LogP contribution in [-0.2, 0) is 33.8 Å². The van der Waals surface area contributed by atoms with Crippen LogP contribution in [0.2, 0.25) is 0 Å². The molecule has 0 saturated heterocycles. The molecule has 0 unspecified atom stereocenters. The van der Waals surface area contributed by atoms with Crippen LogP contribution >= 0.6 is 0 Å². The third-order valence-electron chi connectivity index (χ3n) is 0. The number of hydrogen-bond donors (Lipinski definition) is 2. The van der Waals surface area contributed by atoms with Gasteiger partial charge in [-0.1, -0.05) is 0 Å².